The Bertz CT molecular complexity index is 4290. The molecule has 2 aliphatic rings. The van der Waals surface area contributed by atoms with E-state index in [1.807, 2.05) is 0 Å². The summed E-state index contributed by atoms with van der Waals surface area (Å²) in [5.41, 5.74) is 18.2. The lowest BCUT2D eigenvalue weighted by atomic mass is 9.33. The summed E-state index contributed by atoms with van der Waals surface area (Å²) in [6, 6.07) is 67.3. The van der Waals surface area contributed by atoms with Gasteiger partial charge >= 0.3 is 0 Å². The predicted molar refractivity (Wildman–Crippen MR) is 279 cm³/mol. The topological polar surface area (TPSA) is 32.8 Å². The molecule has 308 valence electrons. The van der Waals surface area contributed by atoms with Crippen LogP contribution in [0.1, 0.15) is 16.7 Å². The quantitative estimate of drug-likeness (QED) is 0.162. The fourth-order valence-electron chi connectivity index (χ4n) is 12.2. The van der Waals surface area contributed by atoms with E-state index in [1.165, 1.54) is 87.5 Å². The maximum Gasteiger partial charge on any atom is 0.248 e. The van der Waals surface area contributed by atoms with E-state index in [0.29, 0.717) is 0 Å². The summed E-state index contributed by atoms with van der Waals surface area (Å²) in [5, 5.41) is 14.2. The number of anilines is 6. The van der Waals surface area contributed by atoms with Crippen LogP contribution in [0.2, 0.25) is 0 Å². The molecule has 0 fully saturated rings. The molecular weight excluding hydrogens is 803 g/mol. The van der Waals surface area contributed by atoms with E-state index in [1.54, 1.807) is 0 Å². The molecule has 0 saturated carbocycles. The Labute approximate surface area is 380 Å². The van der Waals surface area contributed by atoms with E-state index < -0.39 is 0 Å². The highest BCUT2D eigenvalue weighted by atomic mass is 16.3. The Morgan fingerprint density at radius 3 is 1.56 bits per heavy atom. The summed E-state index contributed by atoms with van der Waals surface area (Å²) < 4.78 is 13.5. The molecule has 0 atom stereocenters. The van der Waals surface area contributed by atoms with Crippen molar-refractivity contribution in [2.75, 3.05) is 9.80 Å². The van der Waals surface area contributed by atoms with Crippen molar-refractivity contribution in [1.82, 2.24) is 0 Å². The summed E-state index contributed by atoms with van der Waals surface area (Å²) in [5.74, 6) is 0. The van der Waals surface area contributed by atoms with Crippen molar-refractivity contribution < 1.29 is 8.83 Å². The number of fused-ring (bicyclic) bond motifs is 17. The Balaban J connectivity index is 1.12. The summed E-state index contributed by atoms with van der Waals surface area (Å²) >= 11 is 0. The number of hydrogen-bond acceptors (Lipinski definition) is 4. The van der Waals surface area contributed by atoms with Crippen LogP contribution >= 0.6 is 0 Å². The van der Waals surface area contributed by atoms with Gasteiger partial charge in [0.1, 0.15) is 22.3 Å². The molecule has 0 unspecified atom stereocenters. The first-order valence-electron chi connectivity index (χ1n) is 22.9. The largest absolute Gasteiger partial charge is 0.456 e. The number of furan rings is 2. The lowest BCUT2D eigenvalue weighted by Gasteiger charge is -2.46. The molecule has 0 aliphatic carbocycles. The second-order valence-corrected chi connectivity index (χ2v) is 18.6. The molecule has 11 aromatic carbocycles. The highest BCUT2D eigenvalue weighted by molar-refractivity contribution is 7.00. The van der Waals surface area contributed by atoms with E-state index in [2.05, 4.69) is 213 Å². The van der Waals surface area contributed by atoms with Gasteiger partial charge in [0.15, 0.2) is 0 Å². The van der Waals surface area contributed by atoms with Crippen LogP contribution in [0.5, 0.6) is 0 Å². The first-order chi connectivity index (χ1) is 32.4. The van der Waals surface area contributed by atoms with Gasteiger partial charge in [-0.2, -0.15) is 0 Å². The molecule has 2 aromatic heterocycles. The second kappa shape index (κ2) is 12.9. The smallest absolute Gasteiger partial charge is 0.248 e. The van der Waals surface area contributed by atoms with Crippen LogP contribution in [0, 0.1) is 20.8 Å². The van der Waals surface area contributed by atoms with Gasteiger partial charge in [-0.1, -0.05) is 143 Å². The SMILES string of the molecule is Cc1cc(C)c(B2c3cc4oc5ccc6ccccc6c5c4cc3N3c4cc5ccccc5cc4N(c4ccc5oc6ccc7ccccc7c6c5c4)c4cc5ccccc5c2c43)c(C)c1. The summed E-state index contributed by atoms with van der Waals surface area (Å²) in [4.78, 5) is 5.13. The zero-order valence-electron chi connectivity index (χ0n) is 36.6. The number of hydrogen-bond donors (Lipinski definition) is 0. The van der Waals surface area contributed by atoms with Crippen molar-refractivity contribution in [2.24, 2.45) is 0 Å². The van der Waals surface area contributed by atoms with Crippen molar-refractivity contribution in [3.8, 4) is 0 Å². The van der Waals surface area contributed by atoms with E-state index in [4.69, 9.17) is 8.83 Å². The fourth-order valence-corrected chi connectivity index (χ4v) is 12.2. The molecule has 2 aliphatic heterocycles. The minimum absolute atomic E-state index is 0.0958. The zero-order valence-corrected chi connectivity index (χ0v) is 36.6. The maximum atomic E-state index is 6.93. The Kier molecular flexibility index (Phi) is 7.07. The van der Waals surface area contributed by atoms with Gasteiger partial charge in [0, 0.05) is 32.9 Å². The summed E-state index contributed by atoms with van der Waals surface area (Å²) in [6.45, 7) is 6.71. The van der Waals surface area contributed by atoms with Crippen molar-refractivity contribution in [3.05, 3.63) is 199 Å². The Morgan fingerprint density at radius 2 is 0.894 bits per heavy atom. The minimum Gasteiger partial charge on any atom is -0.456 e. The molecule has 0 N–H and O–H groups in total. The van der Waals surface area contributed by atoms with Crippen LogP contribution < -0.4 is 26.2 Å². The van der Waals surface area contributed by atoms with Gasteiger partial charge in [0.05, 0.1) is 22.7 Å². The normalized spacial score (nSPS) is 13.3. The average molecular weight is 843 g/mol. The number of rotatable bonds is 2. The van der Waals surface area contributed by atoms with Gasteiger partial charge in [0.2, 0.25) is 6.71 Å². The van der Waals surface area contributed by atoms with Crippen molar-refractivity contribution >= 4 is 144 Å². The molecule has 5 heteroatoms. The van der Waals surface area contributed by atoms with Gasteiger partial charge in [0.25, 0.3) is 0 Å². The van der Waals surface area contributed by atoms with E-state index in [9.17, 15) is 0 Å². The van der Waals surface area contributed by atoms with Crippen LogP contribution in [0.25, 0.3) is 87.0 Å². The number of aryl methyl sites for hydroxylation is 3. The van der Waals surface area contributed by atoms with Gasteiger partial charge in [-0.05, 0) is 135 Å². The number of benzene rings is 11. The molecule has 15 rings (SSSR count). The third kappa shape index (κ3) is 4.79. The fraction of sp³-hybridized carbons (Fsp3) is 0.0492. The summed E-state index contributed by atoms with van der Waals surface area (Å²) in [7, 11) is 0. The molecular formula is C61H39BN2O2. The highest BCUT2D eigenvalue weighted by Crippen LogP contribution is 2.57. The second-order valence-electron chi connectivity index (χ2n) is 18.6. The standard InChI is InChI=1S/C61H39BN2O2/c1-34-26-35(2)59(36(3)27-34)62-48-33-56-47(58-44-18-10-7-13-38(44)21-24-55(58)66-56)32-49(48)64-51-29-40-15-5-4-14-39(40)28-50(51)63(52-30-41-16-8-11-19-45(41)60(62)61(52)64)42-22-25-53-46(31-42)57-43-17-9-6-12-37(43)20-23-54(57)65-53/h4-33H,1-3H3. The molecule has 0 amide bonds. The van der Waals surface area contributed by atoms with Crippen molar-refractivity contribution in [2.45, 2.75) is 20.8 Å². The van der Waals surface area contributed by atoms with Crippen LogP contribution in [0.3, 0.4) is 0 Å². The number of nitrogens with zero attached hydrogens (tertiary/aromatic N) is 2. The van der Waals surface area contributed by atoms with E-state index in [-0.39, 0.29) is 6.71 Å². The Hall–Kier alpha value is -8.28. The van der Waals surface area contributed by atoms with Crippen LogP contribution in [0.4, 0.5) is 34.1 Å². The molecule has 66 heavy (non-hydrogen) atoms. The maximum absolute atomic E-state index is 6.93. The molecule has 4 nitrogen and oxygen atoms in total. The molecule has 0 saturated heterocycles. The first kappa shape index (κ1) is 36.1. The highest BCUT2D eigenvalue weighted by Gasteiger charge is 2.44. The van der Waals surface area contributed by atoms with E-state index in [0.717, 1.165) is 66.6 Å². The van der Waals surface area contributed by atoms with Crippen LogP contribution in [0.15, 0.2) is 191 Å². The predicted octanol–water partition coefficient (Wildman–Crippen LogP) is 15.1. The first-order valence-corrected chi connectivity index (χ1v) is 22.9. The molecule has 13 aromatic rings. The van der Waals surface area contributed by atoms with E-state index >= 15 is 0 Å². The van der Waals surface area contributed by atoms with Gasteiger partial charge < -0.3 is 18.6 Å². The monoisotopic (exact) mass is 842 g/mol. The van der Waals surface area contributed by atoms with Gasteiger partial charge in [-0.25, -0.2) is 0 Å². The third-order valence-corrected chi connectivity index (χ3v) is 14.8. The Morgan fingerprint density at radius 1 is 0.364 bits per heavy atom. The van der Waals surface area contributed by atoms with Crippen molar-refractivity contribution in [3.63, 3.8) is 0 Å². The van der Waals surface area contributed by atoms with Gasteiger partial charge in [-0.15, -0.1) is 0 Å². The van der Waals surface area contributed by atoms with Crippen LogP contribution in [-0.2, 0) is 0 Å². The average Bonchev–Trinajstić information content (AvgIpc) is 3.91. The molecule has 0 spiro atoms. The molecule has 4 heterocycles. The molecule has 0 radical (unpaired) electrons. The molecule has 0 bridgehead atoms. The lowest BCUT2D eigenvalue weighted by Crippen LogP contribution is -2.59. The summed E-state index contributed by atoms with van der Waals surface area (Å²) in [6.07, 6.45) is 0. The van der Waals surface area contributed by atoms with Crippen molar-refractivity contribution in [1.29, 1.82) is 0 Å². The third-order valence-electron chi connectivity index (χ3n) is 14.8. The minimum atomic E-state index is -0.0958. The zero-order chi connectivity index (χ0) is 43.5. The lowest BCUT2D eigenvalue weighted by molar-refractivity contribution is 0.669. The van der Waals surface area contributed by atoms with Gasteiger partial charge in [-0.3, -0.25) is 0 Å². The van der Waals surface area contributed by atoms with Crippen LogP contribution in [-0.4, -0.2) is 6.71 Å².